The van der Waals surface area contributed by atoms with E-state index in [1.54, 1.807) is 6.08 Å². The number of ketones is 1. The van der Waals surface area contributed by atoms with Gasteiger partial charge in [0.15, 0.2) is 5.78 Å². The molecule has 0 amide bonds. The van der Waals surface area contributed by atoms with Crippen molar-refractivity contribution in [2.75, 3.05) is 31.2 Å². The first-order valence-electron chi connectivity index (χ1n) is 9.20. The van der Waals surface area contributed by atoms with Crippen LogP contribution in [-0.4, -0.2) is 32.1 Å². The van der Waals surface area contributed by atoms with Gasteiger partial charge in [0.05, 0.1) is 13.2 Å². The molecule has 0 unspecified atom stereocenters. The molecule has 1 aliphatic rings. The number of carbonyl (C=O) groups excluding carboxylic acids is 1. The molecule has 0 aliphatic carbocycles. The maximum atomic E-state index is 12.4. The smallest absolute Gasteiger partial charge is 0.185 e. The fourth-order valence-electron chi connectivity index (χ4n) is 3.12. The molecular weight excluding hydrogens is 374 g/mol. The number of benzene rings is 2. The molecule has 3 aromatic rings. The second kappa shape index (κ2) is 8.46. The van der Waals surface area contributed by atoms with Crippen LogP contribution >= 0.6 is 11.6 Å². The molecule has 4 nitrogen and oxygen atoms in total. The Labute approximate surface area is 169 Å². The first-order valence-corrected chi connectivity index (χ1v) is 9.58. The summed E-state index contributed by atoms with van der Waals surface area (Å²) >= 11 is 5.91. The van der Waals surface area contributed by atoms with Crippen molar-refractivity contribution in [3.63, 3.8) is 0 Å². The van der Waals surface area contributed by atoms with E-state index in [-0.39, 0.29) is 5.78 Å². The average Bonchev–Trinajstić information content (AvgIpc) is 3.22. The quantitative estimate of drug-likeness (QED) is 0.434. The molecule has 0 bridgehead atoms. The summed E-state index contributed by atoms with van der Waals surface area (Å²) in [6.07, 6.45) is 3.23. The molecule has 4 rings (SSSR count). The molecule has 2 heterocycles. The van der Waals surface area contributed by atoms with Crippen molar-refractivity contribution in [2.45, 2.75) is 0 Å². The lowest BCUT2D eigenvalue weighted by Crippen LogP contribution is -2.36. The lowest BCUT2D eigenvalue weighted by molar-refractivity contribution is 0.104. The van der Waals surface area contributed by atoms with Gasteiger partial charge in [-0.25, -0.2) is 0 Å². The first-order chi connectivity index (χ1) is 13.7. The van der Waals surface area contributed by atoms with E-state index in [2.05, 4.69) is 4.90 Å². The Balaban J connectivity index is 1.42. The number of rotatable bonds is 5. The van der Waals surface area contributed by atoms with E-state index in [1.165, 1.54) is 6.08 Å². The summed E-state index contributed by atoms with van der Waals surface area (Å²) < 4.78 is 11.2. The van der Waals surface area contributed by atoms with Crippen molar-refractivity contribution in [2.24, 2.45) is 0 Å². The molecule has 1 fully saturated rings. The highest BCUT2D eigenvalue weighted by Crippen LogP contribution is 2.24. The molecule has 0 N–H and O–H groups in total. The number of nitrogens with zero attached hydrogens (tertiary/aromatic N) is 1. The number of carbonyl (C=O) groups is 1. The molecule has 2 aromatic carbocycles. The number of furan rings is 1. The zero-order valence-corrected chi connectivity index (χ0v) is 16.1. The lowest BCUT2D eigenvalue weighted by Gasteiger charge is -2.28. The van der Waals surface area contributed by atoms with E-state index < -0.39 is 0 Å². The van der Waals surface area contributed by atoms with Gasteiger partial charge in [0.25, 0.3) is 0 Å². The normalized spacial score (nSPS) is 14.5. The molecule has 0 atom stereocenters. The topological polar surface area (TPSA) is 42.7 Å². The molecule has 28 heavy (non-hydrogen) atoms. The summed E-state index contributed by atoms with van der Waals surface area (Å²) in [7, 11) is 0. The van der Waals surface area contributed by atoms with Crippen LogP contribution in [0, 0.1) is 0 Å². The first kappa shape index (κ1) is 18.5. The van der Waals surface area contributed by atoms with Crippen LogP contribution < -0.4 is 4.90 Å². The third kappa shape index (κ3) is 4.35. The summed E-state index contributed by atoms with van der Waals surface area (Å²) in [5.74, 6) is 1.31. The van der Waals surface area contributed by atoms with Crippen molar-refractivity contribution in [1.29, 1.82) is 0 Å². The van der Waals surface area contributed by atoms with Gasteiger partial charge in [-0.1, -0.05) is 11.6 Å². The van der Waals surface area contributed by atoms with Crippen molar-refractivity contribution >= 4 is 29.1 Å². The Morgan fingerprint density at radius 2 is 1.64 bits per heavy atom. The van der Waals surface area contributed by atoms with E-state index in [0.29, 0.717) is 16.3 Å². The van der Waals surface area contributed by atoms with Crippen LogP contribution in [0.2, 0.25) is 5.02 Å². The van der Waals surface area contributed by atoms with Gasteiger partial charge in [-0.15, -0.1) is 0 Å². The number of anilines is 1. The molecule has 1 saturated heterocycles. The number of ether oxygens (including phenoxy) is 1. The van der Waals surface area contributed by atoms with Crippen LogP contribution in [0.5, 0.6) is 0 Å². The molecule has 1 aliphatic heterocycles. The SMILES string of the molecule is O=C(/C=C\c1ccc(-c2ccc(Cl)cc2)o1)c1ccc(N2CCOCC2)cc1. The van der Waals surface area contributed by atoms with Crippen molar-refractivity contribution in [3.05, 3.63) is 83.1 Å². The highest BCUT2D eigenvalue weighted by molar-refractivity contribution is 6.30. The maximum absolute atomic E-state index is 12.4. The molecule has 1 aromatic heterocycles. The number of halogens is 1. The van der Waals surface area contributed by atoms with Crippen LogP contribution in [-0.2, 0) is 4.74 Å². The summed E-state index contributed by atoms with van der Waals surface area (Å²) in [5, 5.41) is 0.681. The van der Waals surface area contributed by atoms with Crippen LogP contribution in [0.1, 0.15) is 16.1 Å². The standard InChI is InChI=1S/C23H20ClNO3/c24-19-5-1-18(2-6-19)23-12-10-21(28-23)9-11-22(26)17-3-7-20(8-4-17)25-13-15-27-16-14-25/h1-12H,13-16H2/b11-9-. The zero-order chi connectivity index (χ0) is 19.3. The van der Waals surface area contributed by atoms with E-state index in [1.807, 2.05) is 60.7 Å². The molecule has 5 heteroatoms. The molecule has 142 valence electrons. The van der Waals surface area contributed by atoms with Gasteiger partial charge in [0.2, 0.25) is 0 Å². The summed E-state index contributed by atoms with van der Waals surface area (Å²) in [6.45, 7) is 3.23. The fraction of sp³-hybridized carbons (Fsp3) is 0.174. The fourth-order valence-corrected chi connectivity index (χ4v) is 3.25. The van der Waals surface area contributed by atoms with Gasteiger partial charge in [-0.3, -0.25) is 4.79 Å². The Bertz CT molecular complexity index is 968. The summed E-state index contributed by atoms with van der Waals surface area (Å²) in [4.78, 5) is 14.7. The van der Waals surface area contributed by atoms with E-state index >= 15 is 0 Å². The number of hydrogen-bond acceptors (Lipinski definition) is 4. The molecule has 0 saturated carbocycles. The van der Waals surface area contributed by atoms with Gasteiger partial charge in [0, 0.05) is 34.9 Å². The van der Waals surface area contributed by atoms with Crippen molar-refractivity contribution < 1.29 is 13.9 Å². The summed E-state index contributed by atoms with van der Waals surface area (Å²) in [6, 6.07) is 18.8. The maximum Gasteiger partial charge on any atom is 0.185 e. The highest BCUT2D eigenvalue weighted by Gasteiger charge is 2.11. The minimum Gasteiger partial charge on any atom is -0.457 e. The largest absolute Gasteiger partial charge is 0.457 e. The van der Waals surface area contributed by atoms with Crippen LogP contribution in [0.15, 0.2) is 71.2 Å². The van der Waals surface area contributed by atoms with Gasteiger partial charge >= 0.3 is 0 Å². The average molecular weight is 394 g/mol. The van der Waals surface area contributed by atoms with Crippen molar-refractivity contribution in [3.8, 4) is 11.3 Å². The Kier molecular flexibility index (Phi) is 5.60. The Morgan fingerprint density at radius 3 is 2.36 bits per heavy atom. The van der Waals surface area contributed by atoms with E-state index in [9.17, 15) is 4.79 Å². The minimum absolute atomic E-state index is 0.0574. The van der Waals surface area contributed by atoms with Crippen LogP contribution in [0.4, 0.5) is 5.69 Å². The lowest BCUT2D eigenvalue weighted by atomic mass is 10.1. The van der Waals surface area contributed by atoms with Crippen LogP contribution in [0.3, 0.4) is 0 Å². The second-order valence-electron chi connectivity index (χ2n) is 6.55. The van der Waals surface area contributed by atoms with Gasteiger partial charge < -0.3 is 14.1 Å². The molecular formula is C23H20ClNO3. The molecule has 0 spiro atoms. The van der Waals surface area contributed by atoms with E-state index in [4.69, 9.17) is 20.8 Å². The monoisotopic (exact) mass is 393 g/mol. The second-order valence-corrected chi connectivity index (χ2v) is 6.99. The molecule has 0 radical (unpaired) electrons. The zero-order valence-electron chi connectivity index (χ0n) is 15.3. The van der Waals surface area contributed by atoms with Crippen LogP contribution in [0.25, 0.3) is 17.4 Å². The van der Waals surface area contributed by atoms with E-state index in [0.717, 1.165) is 43.3 Å². The Hall–Kier alpha value is -2.82. The van der Waals surface area contributed by atoms with Gasteiger partial charge in [-0.05, 0) is 72.8 Å². The van der Waals surface area contributed by atoms with Gasteiger partial charge in [-0.2, -0.15) is 0 Å². The summed E-state index contributed by atoms with van der Waals surface area (Å²) in [5.41, 5.74) is 2.70. The number of hydrogen-bond donors (Lipinski definition) is 0. The number of morpholine rings is 1. The number of allylic oxidation sites excluding steroid dienone is 1. The van der Waals surface area contributed by atoms with Crippen molar-refractivity contribution in [1.82, 2.24) is 0 Å². The highest BCUT2D eigenvalue weighted by atomic mass is 35.5. The van der Waals surface area contributed by atoms with Gasteiger partial charge in [0.1, 0.15) is 11.5 Å². The predicted molar refractivity (Wildman–Crippen MR) is 112 cm³/mol. The third-order valence-electron chi connectivity index (χ3n) is 4.68. The minimum atomic E-state index is -0.0574. The predicted octanol–water partition coefficient (Wildman–Crippen LogP) is 5.33. The third-order valence-corrected chi connectivity index (χ3v) is 4.93. The Morgan fingerprint density at radius 1 is 0.929 bits per heavy atom.